The van der Waals surface area contributed by atoms with Crippen molar-refractivity contribution < 1.29 is 89.4 Å². The van der Waals surface area contributed by atoms with E-state index in [0.717, 1.165) is 44.9 Å². The molecular formula is C67H127NO18. The van der Waals surface area contributed by atoms with Gasteiger partial charge in [-0.25, -0.2) is 0 Å². The summed E-state index contributed by atoms with van der Waals surface area (Å²) in [7, 11) is 0. The summed E-state index contributed by atoms with van der Waals surface area (Å²) in [6.45, 7) is 1.83. The Hall–Kier alpha value is -1.47. The van der Waals surface area contributed by atoms with Gasteiger partial charge in [-0.2, -0.15) is 0 Å². The molecule has 0 aliphatic carbocycles. The molecule has 0 aromatic heterocycles. The molecule has 0 saturated carbocycles. The van der Waals surface area contributed by atoms with Crippen LogP contribution in [-0.4, -0.2) is 193 Å². The molecule has 0 aromatic carbocycles. The molecule has 12 N–H and O–H groups in total. The van der Waals surface area contributed by atoms with Crippen molar-refractivity contribution >= 4 is 5.91 Å². The van der Waals surface area contributed by atoms with E-state index in [1.165, 1.54) is 199 Å². The van der Waals surface area contributed by atoms with Crippen LogP contribution in [0.4, 0.5) is 0 Å². The van der Waals surface area contributed by atoms with E-state index in [0.29, 0.717) is 12.8 Å². The number of carbonyl (C=O) groups excluding carboxylic acids is 1. The average molecular weight is 1230 g/mol. The maximum absolute atomic E-state index is 13.4. The van der Waals surface area contributed by atoms with Gasteiger partial charge in [-0.15, -0.1) is 0 Å². The number of unbranched alkanes of at least 4 members (excludes halogenated alkanes) is 36. The highest BCUT2D eigenvalue weighted by atomic mass is 16.8. The van der Waals surface area contributed by atoms with Crippen LogP contribution in [0.1, 0.15) is 277 Å². The first-order valence-electron chi connectivity index (χ1n) is 34.9. The van der Waals surface area contributed by atoms with Crippen molar-refractivity contribution in [2.24, 2.45) is 0 Å². The van der Waals surface area contributed by atoms with Crippen molar-refractivity contribution in [1.82, 2.24) is 5.32 Å². The number of nitrogens with one attached hydrogen (secondary N) is 1. The normalized spacial score (nSPS) is 28.8. The molecule has 19 nitrogen and oxygen atoms in total. The Morgan fingerprint density at radius 2 is 0.733 bits per heavy atom. The van der Waals surface area contributed by atoms with Crippen molar-refractivity contribution in [3.63, 3.8) is 0 Å². The maximum Gasteiger partial charge on any atom is 0.220 e. The third-order valence-corrected chi connectivity index (χ3v) is 17.8. The summed E-state index contributed by atoms with van der Waals surface area (Å²) in [6.07, 6.45) is 27.1. The smallest absolute Gasteiger partial charge is 0.220 e. The number of aliphatic hydroxyl groups is 11. The van der Waals surface area contributed by atoms with Crippen LogP contribution in [0.3, 0.4) is 0 Å². The van der Waals surface area contributed by atoms with Crippen molar-refractivity contribution in [2.75, 3.05) is 26.4 Å². The van der Waals surface area contributed by atoms with Crippen LogP contribution in [0.2, 0.25) is 0 Å². The molecule has 3 saturated heterocycles. The van der Waals surface area contributed by atoms with Crippen LogP contribution >= 0.6 is 0 Å². The van der Waals surface area contributed by atoms with Gasteiger partial charge in [0.25, 0.3) is 0 Å². The molecule has 0 radical (unpaired) electrons. The Labute approximate surface area is 518 Å². The standard InChI is InChI=1S/C67H127NO18/c1-3-5-7-9-11-13-15-17-19-21-23-24-25-26-27-29-31-33-35-37-39-41-43-45-55(73)68-50(51(72)44-42-40-38-36-34-32-30-28-22-20-18-16-14-12-10-8-6-4-2)49-81-65-61(79)58(76)63(53(47-70)83-65)86-67-62(80)59(77)64(54(48-71)84-67)85-66-60(78)57(75)56(74)52(46-69)82-66/h21,23,50-54,56-67,69-72,74-80H,3-20,22,24-49H2,1-2H3,(H,68,73)/b23-21-. The molecule has 0 aromatic rings. The Bertz CT molecular complexity index is 1620. The molecule has 0 spiro atoms. The topological polar surface area (TPSA) is 307 Å². The predicted octanol–water partition coefficient (Wildman–Crippen LogP) is 8.89. The van der Waals surface area contributed by atoms with Gasteiger partial charge >= 0.3 is 0 Å². The van der Waals surface area contributed by atoms with E-state index in [-0.39, 0.29) is 18.9 Å². The SMILES string of the molecule is CCCCCCCCCC/C=C\CCCCCCCCCCCCCC(=O)NC(COC1OC(CO)C(OC2OC(CO)C(OC3OC(CO)C(O)C(O)C3O)C(O)C2O)C(O)C1O)C(O)CCCCCCCCCCCCCCCCCCCC. The Morgan fingerprint density at radius 3 is 1.13 bits per heavy atom. The fourth-order valence-corrected chi connectivity index (χ4v) is 12.1. The highest BCUT2D eigenvalue weighted by molar-refractivity contribution is 5.76. The third-order valence-electron chi connectivity index (χ3n) is 17.8. The van der Waals surface area contributed by atoms with Gasteiger partial charge in [0.1, 0.15) is 73.2 Å². The zero-order valence-corrected chi connectivity index (χ0v) is 53.6. The zero-order chi connectivity index (χ0) is 62.6. The first-order chi connectivity index (χ1) is 41.8. The average Bonchev–Trinajstić information content (AvgIpc) is 1.83. The first kappa shape index (κ1) is 78.8. The summed E-state index contributed by atoms with van der Waals surface area (Å²) in [5.74, 6) is -0.239. The predicted molar refractivity (Wildman–Crippen MR) is 333 cm³/mol. The lowest BCUT2D eigenvalue weighted by Gasteiger charge is -2.48. The Balaban J connectivity index is 1.43. The highest BCUT2D eigenvalue weighted by Crippen LogP contribution is 2.33. The number of amides is 1. The van der Waals surface area contributed by atoms with Crippen LogP contribution in [0.25, 0.3) is 0 Å². The minimum atomic E-state index is -1.97. The van der Waals surface area contributed by atoms with E-state index < -0.39 is 124 Å². The van der Waals surface area contributed by atoms with Crippen molar-refractivity contribution in [2.45, 2.75) is 381 Å². The lowest BCUT2D eigenvalue weighted by Crippen LogP contribution is -2.66. The zero-order valence-electron chi connectivity index (χ0n) is 53.6. The molecule has 3 fully saturated rings. The van der Waals surface area contributed by atoms with E-state index in [9.17, 15) is 61.0 Å². The van der Waals surface area contributed by atoms with Crippen LogP contribution in [0.5, 0.6) is 0 Å². The summed E-state index contributed by atoms with van der Waals surface area (Å²) >= 11 is 0. The maximum atomic E-state index is 13.4. The number of hydrogen-bond donors (Lipinski definition) is 12. The molecule has 3 rings (SSSR count). The number of allylic oxidation sites excluding steroid dienone is 2. The second-order valence-corrected chi connectivity index (χ2v) is 25.3. The van der Waals surface area contributed by atoms with Crippen LogP contribution in [0.15, 0.2) is 12.2 Å². The summed E-state index contributed by atoms with van der Waals surface area (Å²) in [6, 6.07) is -0.885. The molecule has 3 aliphatic rings. The lowest BCUT2D eigenvalue weighted by molar-refractivity contribution is -0.379. The van der Waals surface area contributed by atoms with Gasteiger partial charge < -0.3 is 89.9 Å². The van der Waals surface area contributed by atoms with Crippen LogP contribution < -0.4 is 5.32 Å². The van der Waals surface area contributed by atoms with Gasteiger partial charge in [0.2, 0.25) is 5.91 Å². The molecule has 17 unspecified atom stereocenters. The summed E-state index contributed by atoms with van der Waals surface area (Å²) in [4.78, 5) is 13.4. The molecule has 19 heteroatoms. The van der Waals surface area contributed by atoms with Gasteiger partial charge in [-0.05, 0) is 38.5 Å². The minimum absolute atomic E-state index is 0.239. The quantitative estimate of drug-likeness (QED) is 0.0200. The van der Waals surface area contributed by atoms with Gasteiger partial charge in [0, 0.05) is 6.42 Å². The fraction of sp³-hybridized carbons (Fsp3) is 0.955. The second kappa shape index (κ2) is 50.1. The number of carbonyl (C=O) groups is 1. The molecule has 3 heterocycles. The molecule has 17 atom stereocenters. The van der Waals surface area contributed by atoms with Crippen LogP contribution in [-0.2, 0) is 33.2 Å². The minimum Gasteiger partial charge on any atom is -0.394 e. The summed E-state index contributed by atoms with van der Waals surface area (Å²) < 4.78 is 34.4. The molecular weight excluding hydrogens is 1110 g/mol. The monoisotopic (exact) mass is 1230 g/mol. The summed E-state index contributed by atoms with van der Waals surface area (Å²) in [5.41, 5.74) is 0. The van der Waals surface area contributed by atoms with Crippen molar-refractivity contribution in [3.05, 3.63) is 12.2 Å². The van der Waals surface area contributed by atoms with Crippen molar-refractivity contribution in [1.29, 1.82) is 0 Å². The third kappa shape index (κ3) is 32.2. The fourth-order valence-electron chi connectivity index (χ4n) is 12.1. The van der Waals surface area contributed by atoms with Gasteiger partial charge in [-0.1, -0.05) is 244 Å². The summed E-state index contributed by atoms with van der Waals surface area (Å²) in [5, 5.41) is 121. The van der Waals surface area contributed by atoms with E-state index in [1.807, 2.05) is 0 Å². The van der Waals surface area contributed by atoms with E-state index in [2.05, 4.69) is 31.3 Å². The molecule has 3 aliphatic heterocycles. The first-order valence-corrected chi connectivity index (χ1v) is 34.9. The number of hydrogen-bond acceptors (Lipinski definition) is 18. The van der Waals surface area contributed by atoms with E-state index in [4.69, 9.17) is 28.4 Å². The van der Waals surface area contributed by atoms with Gasteiger partial charge in [-0.3, -0.25) is 4.79 Å². The number of ether oxygens (including phenoxy) is 6. The largest absolute Gasteiger partial charge is 0.394 e. The molecule has 508 valence electrons. The Morgan fingerprint density at radius 1 is 0.407 bits per heavy atom. The number of aliphatic hydroxyl groups excluding tert-OH is 11. The molecule has 86 heavy (non-hydrogen) atoms. The van der Waals surface area contributed by atoms with Crippen LogP contribution in [0, 0.1) is 0 Å². The number of rotatable bonds is 54. The van der Waals surface area contributed by atoms with E-state index >= 15 is 0 Å². The van der Waals surface area contributed by atoms with Gasteiger partial charge in [0.05, 0.1) is 38.6 Å². The molecule has 0 bridgehead atoms. The Kier molecular flexibility index (Phi) is 45.9. The van der Waals surface area contributed by atoms with Gasteiger partial charge in [0.15, 0.2) is 18.9 Å². The lowest BCUT2D eigenvalue weighted by atomic mass is 9.96. The molecule has 1 amide bonds. The highest BCUT2D eigenvalue weighted by Gasteiger charge is 2.53. The second-order valence-electron chi connectivity index (χ2n) is 25.3. The van der Waals surface area contributed by atoms with Crippen molar-refractivity contribution in [3.8, 4) is 0 Å². The van der Waals surface area contributed by atoms with E-state index in [1.54, 1.807) is 0 Å².